The van der Waals surface area contributed by atoms with Crippen LogP contribution in [0.3, 0.4) is 0 Å². The summed E-state index contributed by atoms with van der Waals surface area (Å²) in [5.41, 5.74) is 2.33. The Morgan fingerprint density at radius 1 is 1.05 bits per heavy atom. The monoisotopic (exact) mass is 496 g/mol. The highest BCUT2D eigenvalue weighted by Gasteiger charge is 2.18. The van der Waals surface area contributed by atoms with E-state index in [1.54, 1.807) is 11.3 Å². The molecule has 0 spiro atoms. The molecular weight excluding hydrogens is 484 g/mol. The van der Waals surface area contributed by atoms with Crippen LogP contribution in [0.15, 0.2) is 31.8 Å². The van der Waals surface area contributed by atoms with Crippen molar-refractivity contribution in [1.82, 2.24) is 0 Å². The van der Waals surface area contributed by atoms with Crippen LogP contribution >= 0.6 is 59.1 Å². The van der Waals surface area contributed by atoms with Crippen LogP contribution in [-0.4, -0.2) is 13.2 Å². The SMILES string of the molecule is CCOc1ccc(C(Br)c2cc(Br)sc2Br)cc1OCC. The van der Waals surface area contributed by atoms with Crippen molar-refractivity contribution in [3.8, 4) is 11.5 Å². The number of benzene rings is 1. The Morgan fingerprint density at radius 3 is 2.29 bits per heavy atom. The van der Waals surface area contributed by atoms with Crippen LogP contribution < -0.4 is 9.47 Å². The van der Waals surface area contributed by atoms with Crippen molar-refractivity contribution < 1.29 is 9.47 Å². The summed E-state index contributed by atoms with van der Waals surface area (Å²) < 4.78 is 13.5. The third kappa shape index (κ3) is 4.24. The maximum Gasteiger partial charge on any atom is 0.161 e. The fourth-order valence-corrected chi connectivity index (χ4v) is 5.94. The fourth-order valence-electron chi connectivity index (χ4n) is 1.93. The highest BCUT2D eigenvalue weighted by Crippen LogP contribution is 2.43. The molecule has 0 aliphatic carbocycles. The molecule has 0 saturated carbocycles. The number of halogens is 3. The van der Waals surface area contributed by atoms with Gasteiger partial charge in [0.2, 0.25) is 0 Å². The lowest BCUT2D eigenvalue weighted by Gasteiger charge is -2.15. The summed E-state index contributed by atoms with van der Waals surface area (Å²) in [7, 11) is 0. The van der Waals surface area contributed by atoms with Crippen LogP contribution in [0, 0.1) is 0 Å². The zero-order chi connectivity index (χ0) is 15.4. The first-order chi connectivity index (χ1) is 10.1. The van der Waals surface area contributed by atoms with E-state index in [2.05, 4.69) is 59.9 Å². The van der Waals surface area contributed by atoms with Gasteiger partial charge in [0.05, 0.1) is 25.6 Å². The fraction of sp³-hybridized carbons (Fsp3) is 0.333. The number of alkyl halides is 1. The maximum atomic E-state index is 5.69. The van der Waals surface area contributed by atoms with Crippen LogP contribution in [-0.2, 0) is 0 Å². The van der Waals surface area contributed by atoms with E-state index in [-0.39, 0.29) is 4.83 Å². The van der Waals surface area contributed by atoms with Crippen LogP contribution in [0.5, 0.6) is 11.5 Å². The van der Waals surface area contributed by atoms with Crippen molar-refractivity contribution in [2.24, 2.45) is 0 Å². The predicted molar refractivity (Wildman–Crippen MR) is 99.3 cm³/mol. The molecule has 2 rings (SSSR count). The standard InChI is InChI=1S/C15H15Br3O2S/c1-3-19-11-6-5-9(7-12(11)20-4-2)14(17)10-8-13(16)21-15(10)18/h5-8,14H,3-4H2,1-2H3. The molecule has 2 aromatic rings. The Labute approximate surface area is 154 Å². The first-order valence-corrected chi connectivity index (χ1v) is 9.87. The van der Waals surface area contributed by atoms with Gasteiger partial charge in [-0.05, 0) is 75.0 Å². The molecular formula is C15H15Br3O2S. The molecule has 114 valence electrons. The summed E-state index contributed by atoms with van der Waals surface area (Å²) in [6.07, 6.45) is 0. The molecule has 0 aliphatic rings. The lowest BCUT2D eigenvalue weighted by Crippen LogP contribution is -2.00. The van der Waals surface area contributed by atoms with E-state index in [9.17, 15) is 0 Å². The van der Waals surface area contributed by atoms with Crippen molar-refractivity contribution in [2.75, 3.05) is 13.2 Å². The summed E-state index contributed by atoms with van der Waals surface area (Å²) in [5.74, 6) is 1.57. The smallest absolute Gasteiger partial charge is 0.161 e. The number of ether oxygens (including phenoxy) is 2. The van der Waals surface area contributed by atoms with E-state index in [1.807, 2.05) is 26.0 Å². The number of hydrogen-bond acceptors (Lipinski definition) is 3. The van der Waals surface area contributed by atoms with E-state index in [0.717, 1.165) is 24.6 Å². The largest absolute Gasteiger partial charge is 0.490 e. The van der Waals surface area contributed by atoms with Crippen LogP contribution in [0.1, 0.15) is 29.8 Å². The van der Waals surface area contributed by atoms with Gasteiger partial charge in [0.25, 0.3) is 0 Å². The van der Waals surface area contributed by atoms with E-state index < -0.39 is 0 Å². The van der Waals surface area contributed by atoms with Crippen LogP contribution in [0.25, 0.3) is 0 Å². The second-order valence-corrected chi connectivity index (χ2v) is 8.88. The highest BCUT2D eigenvalue weighted by atomic mass is 79.9. The summed E-state index contributed by atoms with van der Waals surface area (Å²) in [4.78, 5) is 0.101. The molecule has 0 radical (unpaired) electrons. The van der Waals surface area contributed by atoms with Crippen molar-refractivity contribution in [1.29, 1.82) is 0 Å². The number of rotatable bonds is 6. The molecule has 1 heterocycles. The lowest BCUT2D eigenvalue weighted by atomic mass is 10.1. The molecule has 0 bridgehead atoms. The molecule has 6 heteroatoms. The Kier molecular flexibility index (Phi) is 6.59. The van der Waals surface area contributed by atoms with Crippen molar-refractivity contribution in [3.63, 3.8) is 0 Å². The van der Waals surface area contributed by atoms with Gasteiger partial charge in [0.15, 0.2) is 11.5 Å². The molecule has 21 heavy (non-hydrogen) atoms. The second kappa shape index (κ2) is 7.99. The zero-order valence-corrected chi connectivity index (χ0v) is 17.2. The Bertz CT molecular complexity index is 613. The van der Waals surface area contributed by atoms with Gasteiger partial charge >= 0.3 is 0 Å². The van der Waals surface area contributed by atoms with Crippen molar-refractivity contribution in [2.45, 2.75) is 18.7 Å². The molecule has 0 saturated heterocycles. The predicted octanol–water partition coefficient (Wildman–Crippen LogP) is 6.55. The zero-order valence-electron chi connectivity index (χ0n) is 11.7. The second-order valence-electron chi connectivity index (χ2n) is 4.21. The van der Waals surface area contributed by atoms with E-state index >= 15 is 0 Å². The Balaban J connectivity index is 2.35. The molecule has 0 aliphatic heterocycles. The molecule has 1 unspecified atom stereocenters. The van der Waals surface area contributed by atoms with E-state index in [1.165, 1.54) is 5.56 Å². The van der Waals surface area contributed by atoms with Gasteiger partial charge in [-0.3, -0.25) is 0 Å². The molecule has 1 atom stereocenters. The topological polar surface area (TPSA) is 18.5 Å². The average Bonchev–Trinajstić information content (AvgIpc) is 2.79. The maximum absolute atomic E-state index is 5.69. The van der Waals surface area contributed by atoms with Gasteiger partial charge in [0, 0.05) is 0 Å². The molecule has 0 amide bonds. The summed E-state index contributed by atoms with van der Waals surface area (Å²) >= 11 is 12.6. The first kappa shape index (κ1) is 17.3. The third-order valence-electron chi connectivity index (χ3n) is 2.82. The van der Waals surface area contributed by atoms with Crippen molar-refractivity contribution in [3.05, 3.63) is 43.0 Å². The van der Waals surface area contributed by atoms with Gasteiger partial charge in [0.1, 0.15) is 0 Å². The lowest BCUT2D eigenvalue weighted by molar-refractivity contribution is 0.287. The minimum absolute atomic E-state index is 0.101. The molecule has 1 aromatic heterocycles. The minimum Gasteiger partial charge on any atom is -0.490 e. The third-order valence-corrected chi connectivity index (χ3v) is 6.22. The first-order valence-electron chi connectivity index (χ1n) is 6.55. The van der Waals surface area contributed by atoms with E-state index in [4.69, 9.17) is 9.47 Å². The quantitative estimate of drug-likeness (QED) is 0.420. The van der Waals surface area contributed by atoms with Gasteiger partial charge < -0.3 is 9.47 Å². The molecule has 0 N–H and O–H groups in total. The number of thiophene rings is 1. The number of hydrogen-bond donors (Lipinski definition) is 0. The minimum atomic E-state index is 0.101. The van der Waals surface area contributed by atoms with Crippen molar-refractivity contribution >= 4 is 59.1 Å². The van der Waals surface area contributed by atoms with Gasteiger partial charge in [-0.15, -0.1) is 11.3 Å². The molecule has 0 fully saturated rings. The average molecular weight is 499 g/mol. The summed E-state index contributed by atoms with van der Waals surface area (Å²) in [6.45, 7) is 5.18. The van der Waals surface area contributed by atoms with Gasteiger partial charge in [-0.25, -0.2) is 0 Å². The van der Waals surface area contributed by atoms with E-state index in [0.29, 0.717) is 13.2 Å². The highest BCUT2D eigenvalue weighted by molar-refractivity contribution is 9.12. The van der Waals surface area contributed by atoms with Gasteiger partial charge in [-0.1, -0.05) is 22.0 Å². The Morgan fingerprint density at radius 2 is 1.71 bits per heavy atom. The normalized spacial score (nSPS) is 12.2. The van der Waals surface area contributed by atoms with Gasteiger partial charge in [-0.2, -0.15) is 0 Å². The summed E-state index contributed by atoms with van der Waals surface area (Å²) in [6, 6.07) is 8.18. The molecule has 1 aromatic carbocycles. The summed E-state index contributed by atoms with van der Waals surface area (Å²) in [5, 5.41) is 0. The Hall–Kier alpha value is -0.0400. The van der Waals surface area contributed by atoms with Crippen LogP contribution in [0.2, 0.25) is 0 Å². The van der Waals surface area contributed by atoms with Crippen LogP contribution in [0.4, 0.5) is 0 Å². The molecule has 2 nitrogen and oxygen atoms in total.